The summed E-state index contributed by atoms with van der Waals surface area (Å²) in [6, 6.07) is 0. The third-order valence-electron chi connectivity index (χ3n) is 1.96. The van der Waals surface area contributed by atoms with Crippen molar-refractivity contribution in [3.05, 3.63) is 23.3 Å². The van der Waals surface area contributed by atoms with Gasteiger partial charge in [0.2, 0.25) is 0 Å². The first kappa shape index (κ1) is 9.68. The summed E-state index contributed by atoms with van der Waals surface area (Å²) in [5.41, 5.74) is 1.30. The number of thioether (sulfide) groups is 1. The normalized spacial score (nSPS) is 17.3. The van der Waals surface area contributed by atoms with Gasteiger partial charge in [-0.15, -0.1) is 18.3 Å². The Balaban J connectivity index is 2.56. The van der Waals surface area contributed by atoms with Crippen LogP contribution >= 0.6 is 11.8 Å². The Morgan fingerprint density at radius 1 is 1.75 bits per heavy atom. The molecule has 2 nitrogen and oxygen atoms in total. The van der Waals surface area contributed by atoms with Crippen molar-refractivity contribution < 1.29 is 5.11 Å². The minimum atomic E-state index is 0.252. The molecule has 1 aliphatic heterocycles. The van der Waals surface area contributed by atoms with Gasteiger partial charge < -0.3 is 10.0 Å². The fraction of sp³-hybridized carbons (Fsp3) is 0.556. The molecule has 0 bridgehead atoms. The molecule has 1 rings (SSSR count). The van der Waals surface area contributed by atoms with E-state index in [2.05, 4.69) is 18.4 Å². The Morgan fingerprint density at radius 3 is 3.08 bits per heavy atom. The summed E-state index contributed by atoms with van der Waals surface area (Å²) in [5.74, 6) is 1.01. The molecule has 0 spiro atoms. The van der Waals surface area contributed by atoms with Crippen LogP contribution in [0.3, 0.4) is 0 Å². The first-order chi connectivity index (χ1) is 5.79. The quantitative estimate of drug-likeness (QED) is 0.675. The summed E-state index contributed by atoms with van der Waals surface area (Å²) < 4.78 is 0. The largest absolute Gasteiger partial charge is 0.396 e. The maximum atomic E-state index is 8.77. The van der Waals surface area contributed by atoms with E-state index in [1.807, 2.05) is 17.8 Å². The lowest BCUT2D eigenvalue weighted by Gasteiger charge is -2.16. The minimum absolute atomic E-state index is 0.252. The second kappa shape index (κ2) is 4.58. The molecular weight excluding hydrogens is 170 g/mol. The van der Waals surface area contributed by atoms with Gasteiger partial charge in [-0.05, 0) is 6.92 Å². The molecule has 0 aromatic rings. The van der Waals surface area contributed by atoms with Crippen LogP contribution in [0.4, 0.5) is 0 Å². The Bertz CT molecular complexity index is 201. The molecular formula is C9H15NOS. The maximum absolute atomic E-state index is 8.77. The van der Waals surface area contributed by atoms with E-state index in [9.17, 15) is 0 Å². The van der Waals surface area contributed by atoms with Crippen LogP contribution in [0.5, 0.6) is 0 Å². The molecule has 0 fully saturated rings. The average molecular weight is 185 g/mol. The Morgan fingerprint density at radius 2 is 2.50 bits per heavy atom. The molecule has 0 atom stereocenters. The molecule has 0 aromatic carbocycles. The van der Waals surface area contributed by atoms with Crippen molar-refractivity contribution in [2.75, 3.05) is 19.0 Å². The molecule has 12 heavy (non-hydrogen) atoms. The minimum Gasteiger partial charge on any atom is -0.396 e. The summed E-state index contributed by atoms with van der Waals surface area (Å²) in [7, 11) is 0. The fourth-order valence-electron chi connectivity index (χ4n) is 1.23. The first-order valence-corrected chi connectivity index (χ1v) is 5.07. The van der Waals surface area contributed by atoms with Crippen molar-refractivity contribution in [3.8, 4) is 0 Å². The predicted octanol–water partition coefficient (Wildman–Crippen LogP) is 1.79. The highest BCUT2D eigenvalue weighted by Crippen LogP contribution is 2.33. The second-order valence-corrected chi connectivity index (χ2v) is 3.81. The molecule has 0 saturated carbocycles. The number of hydrogen-bond donors (Lipinski definition) is 1. The van der Waals surface area contributed by atoms with E-state index < -0.39 is 0 Å². The van der Waals surface area contributed by atoms with Gasteiger partial charge in [-0.1, -0.05) is 6.08 Å². The van der Waals surface area contributed by atoms with E-state index >= 15 is 0 Å². The molecule has 0 saturated heterocycles. The van der Waals surface area contributed by atoms with Crippen molar-refractivity contribution in [1.29, 1.82) is 0 Å². The predicted molar refractivity (Wildman–Crippen MR) is 53.8 cm³/mol. The van der Waals surface area contributed by atoms with Crippen LogP contribution in [-0.2, 0) is 0 Å². The van der Waals surface area contributed by atoms with Crippen LogP contribution in [0, 0.1) is 0 Å². The van der Waals surface area contributed by atoms with Crippen molar-refractivity contribution >= 4 is 11.8 Å². The van der Waals surface area contributed by atoms with Crippen LogP contribution in [0.15, 0.2) is 23.3 Å². The van der Waals surface area contributed by atoms with Crippen molar-refractivity contribution in [1.82, 2.24) is 4.90 Å². The second-order valence-electron chi connectivity index (χ2n) is 2.77. The molecule has 0 unspecified atom stereocenters. The van der Waals surface area contributed by atoms with E-state index in [1.165, 1.54) is 10.6 Å². The third-order valence-corrected chi connectivity index (χ3v) is 3.25. The third kappa shape index (κ3) is 2.05. The van der Waals surface area contributed by atoms with Crippen LogP contribution < -0.4 is 0 Å². The van der Waals surface area contributed by atoms with Gasteiger partial charge in [0.25, 0.3) is 0 Å². The number of aliphatic hydroxyl groups is 1. The van der Waals surface area contributed by atoms with Gasteiger partial charge in [0.05, 0.1) is 5.88 Å². The van der Waals surface area contributed by atoms with Crippen LogP contribution in [0.1, 0.15) is 13.3 Å². The van der Waals surface area contributed by atoms with E-state index in [-0.39, 0.29) is 6.61 Å². The van der Waals surface area contributed by atoms with Gasteiger partial charge in [0, 0.05) is 30.2 Å². The monoisotopic (exact) mass is 185 g/mol. The summed E-state index contributed by atoms with van der Waals surface area (Å²) in [5, 5.41) is 8.77. The number of rotatable bonds is 4. The number of allylic oxidation sites excluding steroid dienone is 1. The average Bonchev–Trinajstić information content (AvgIpc) is 2.38. The Hall–Kier alpha value is -0.410. The van der Waals surface area contributed by atoms with E-state index in [4.69, 9.17) is 5.11 Å². The highest BCUT2D eigenvalue weighted by atomic mass is 32.2. The van der Waals surface area contributed by atoms with Crippen LogP contribution in [-0.4, -0.2) is 29.0 Å². The molecule has 0 amide bonds. The molecule has 1 N–H and O–H groups in total. The molecule has 0 aromatic heterocycles. The molecule has 1 heterocycles. The standard InChI is InChI=1S/C9H15NOS/c1-3-5-10-7-12-9(4-6-11)8(10)2/h3,11H,1,4-7H2,2H3. The first-order valence-electron chi connectivity index (χ1n) is 4.09. The van der Waals surface area contributed by atoms with E-state index in [1.54, 1.807) is 0 Å². The SMILES string of the molecule is C=CCN1CSC(CCO)=C1C. The van der Waals surface area contributed by atoms with Gasteiger partial charge in [-0.25, -0.2) is 0 Å². The molecule has 0 radical (unpaired) electrons. The van der Waals surface area contributed by atoms with Gasteiger partial charge in [0.1, 0.15) is 0 Å². The van der Waals surface area contributed by atoms with Gasteiger partial charge in [0.15, 0.2) is 0 Å². The van der Waals surface area contributed by atoms with Crippen molar-refractivity contribution in [2.45, 2.75) is 13.3 Å². The lowest BCUT2D eigenvalue weighted by atomic mass is 10.3. The van der Waals surface area contributed by atoms with E-state index in [0.29, 0.717) is 0 Å². The Kier molecular flexibility index (Phi) is 3.69. The zero-order chi connectivity index (χ0) is 8.97. The zero-order valence-electron chi connectivity index (χ0n) is 7.42. The molecule has 0 aliphatic carbocycles. The molecule has 68 valence electrons. The van der Waals surface area contributed by atoms with Gasteiger partial charge in [-0.3, -0.25) is 0 Å². The van der Waals surface area contributed by atoms with Crippen molar-refractivity contribution in [3.63, 3.8) is 0 Å². The lowest BCUT2D eigenvalue weighted by Crippen LogP contribution is -2.17. The van der Waals surface area contributed by atoms with Crippen LogP contribution in [0.25, 0.3) is 0 Å². The zero-order valence-corrected chi connectivity index (χ0v) is 8.23. The highest BCUT2D eigenvalue weighted by molar-refractivity contribution is 8.03. The van der Waals surface area contributed by atoms with Gasteiger partial charge in [-0.2, -0.15) is 0 Å². The van der Waals surface area contributed by atoms with Gasteiger partial charge >= 0.3 is 0 Å². The van der Waals surface area contributed by atoms with Crippen LogP contribution in [0.2, 0.25) is 0 Å². The summed E-state index contributed by atoms with van der Waals surface area (Å²) >= 11 is 1.82. The highest BCUT2D eigenvalue weighted by Gasteiger charge is 2.17. The lowest BCUT2D eigenvalue weighted by molar-refractivity contribution is 0.300. The number of aliphatic hydroxyl groups excluding tert-OH is 1. The van der Waals surface area contributed by atoms with Crippen molar-refractivity contribution in [2.24, 2.45) is 0 Å². The summed E-state index contributed by atoms with van der Waals surface area (Å²) in [6.07, 6.45) is 2.70. The maximum Gasteiger partial charge on any atom is 0.0683 e. The number of hydrogen-bond acceptors (Lipinski definition) is 3. The molecule has 3 heteroatoms. The smallest absolute Gasteiger partial charge is 0.0683 e. The fourth-order valence-corrected chi connectivity index (χ4v) is 2.42. The Labute approximate surface area is 78.0 Å². The summed E-state index contributed by atoms with van der Waals surface area (Å²) in [4.78, 5) is 3.59. The summed E-state index contributed by atoms with van der Waals surface area (Å²) in [6.45, 7) is 6.97. The topological polar surface area (TPSA) is 23.5 Å². The van der Waals surface area contributed by atoms with E-state index in [0.717, 1.165) is 18.8 Å². The number of nitrogens with zero attached hydrogens (tertiary/aromatic N) is 1. The molecule has 1 aliphatic rings.